The van der Waals surface area contributed by atoms with Crippen LogP contribution in [0.3, 0.4) is 0 Å². The summed E-state index contributed by atoms with van der Waals surface area (Å²) in [4.78, 5) is 0. The van der Waals surface area contributed by atoms with Crippen LogP contribution in [0, 0.1) is 0 Å². The number of nitrogens with two attached hydrogens (primary N) is 2. The third kappa shape index (κ3) is 2.80. The van der Waals surface area contributed by atoms with Crippen LogP contribution >= 0.6 is 12.2 Å². The van der Waals surface area contributed by atoms with Gasteiger partial charge in [0.1, 0.15) is 0 Å². The Morgan fingerprint density at radius 1 is 1.53 bits per heavy atom. The molecule has 0 amide bonds. The first-order chi connectivity index (χ1) is 8.02. The van der Waals surface area contributed by atoms with E-state index in [4.69, 9.17) is 23.9 Å². The topological polar surface area (TPSA) is 78.8 Å². The van der Waals surface area contributed by atoms with E-state index in [9.17, 15) is 5.11 Å². The normalized spacial score (nSPS) is 9.88. The molecule has 0 aliphatic heterocycles. The van der Waals surface area contributed by atoms with Crippen molar-refractivity contribution in [2.24, 2.45) is 11.7 Å². The van der Waals surface area contributed by atoms with E-state index in [1.807, 2.05) is 12.1 Å². The van der Waals surface area contributed by atoms with E-state index < -0.39 is 0 Å². The van der Waals surface area contributed by atoms with Gasteiger partial charge in [0.05, 0.1) is 12.3 Å². The number of benzene rings is 1. The lowest BCUT2D eigenvalue weighted by atomic mass is 10.1. The van der Waals surface area contributed by atoms with Gasteiger partial charge in [-0.05, 0) is 23.8 Å². The summed E-state index contributed by atoms with van der Waals surface area (Å²) in [5.41, 5.74) is 2.07. The first-order valence-corrected chi connectivity index (χ1v) is 5.36. The second-order valence-electron chi connectivity index (χ2n) is 3.47. The van der Waals surface area contributed by atoms with Gasteiger partial charge in [-0.3, -0.25) is 10.0 Å². The Bertz CT molecular complexity index is 433. The first kappa shape index (κ1) is 13.6. The lowest BCUT2D eigenvalue weighted by Gasteiger charge is -2.26. The second-order valence-corrected chi connectivity index (χ2v) is 3.84. The fraction of sp³-hybridized carbons (Fsp3) is 0.182. The summed E-state index contributed by atoms with van der Waals surface area (Å²) >= 11 is 5.06. The van der Waals surface area contributed by atoms with Crippen LogP contribution in [0.4, 0.5) is 5.69 Å². The number of aliphatic hydroxyl groups is 1. The third-order valence-electron chi connectivity index (χ3n) is 2.33. The van der Waals surface area contributed by atoms with Gasteiger partial charge >= 0.3 is 0 Å². The van der Waals surface area contributed by atoms with E-state index in [1.165, 1.54) is 10.0 Å². The molecule has 92 valence electrons. The Hall–Kier alpha value is -1.47. The highest BCUT2D eigenvalue weighted by molar-refractivity contribution is 7.80. The van der Waals surface area contributed by atoms with Crippen molar-refractivity contribution in [3.63, 3.8) is 0 Å². The standard InChI is InChI=1S/C11H16N4OS/c1-3-8-5-4-6-10(9(8)7-16)15(13)11(17)14(2)12/h3-6,16H,1,7,12-13H2,2H3. The number of hydrogen-bond acceptors (Lipinski definition) is 4. The van der Waals surface area contributed by atoms with Crippen molar-refractivity contribution in [3.8, 4) is 0 Å². The van der Waals surface area contributed by atoms with Crippen LogP contribution in [0.15, 0.2) is 24.8 Å². The minimum atomic E-state index is -0.151. The van der Waals surface area contributed by atoms with Crippen molar-refractivity contribution in [3.05, 3.63) is 35.9 Å². The van der Waals surface area contributed by atoms with Crippen LogP contribution in [0.2, 0.25) is 0 Å². The number of rotatable bonds is 3. The molecule has 17 heavy (non-hydrogen) atoms. The summed E-state index contributed by atoms with van der Waals surface area (Å²) < 4.78 is 0. The monoisotopic (exact) mass is 252 g/mol. The number of nitrogens with zero attached hydrogens (tertiary/aromatic N) is 2. The fourth-order valence-electron chi connectivity index (χ4n) is 1.45. The highest BCUT2D eigenvalue weighted by Crippen LogP contribution is 2.23. The second kappa shape index (κ2) is 5.74. The highest BCUT2D eigenvalue weighted by atomic mass is 32.1. The van der Waals surface area contributed by atoms with E-state index in [0.717, 1.165) is 5.56 Å². The minimum absolute atomic E-state index is 0.151. The molecule has 0 saturated carbocycles. The molecular formula is C11H16N4OS. The first-order valence-electron chi connectivity index (χ1n) is 4.95. The summed E-state index contributed by atoms with van der Waals surface area (Å²) in [5, 5.41) is 12.1. The van der Waals surface area contributed by atoms with Crippen molar-refractivity contribution in [2.45, 2.75) is 6.61 Å². The van der Waals surface area contributed by atoms with Crippen LogP contribution in [0.5, 0.6) is 0 Å². The molecule has 0 radical (unpaired) electrons. The maximum atomic E-state index is 9.38. The van der Waals surface area contributed by atoms with Crippen molar-refractivity contribution >= 4 is 29.1 Å². The third-order valence-corrected chi connectivity index (χ3v) is 2.82. The molecule has 0 spiro atoms. The molecule has 0 aliphatic carbocycles. The molecule has 1 aromatic rings. The summed E-state index contributed by atoms with van der Waals surface area (Å²) in [6, 6.07) is 5.41. The molecule has 0 aliphatic rings. The lowest BCUT2D eigenvalue weighted by molar-refractivity contribution is 0.282. The molecule has 1 aromatic carbocycles. The smallest absolute Gasteiger partial charge is 0.204 e. The van der Waals surface area contributed by atoms with E-state index in [1.54, 1.807) is 19.2 Å². The molecule has 0 bridgehead atoms. The summed E-state index contributed by atoms with van der Waals surface area (Å²) in [5.74, 6) is 11.4. The van der Waals surface area contributed by atoms with Crippen LogP contribution in [-0.4, -0.2) is 22.3 Å². The molecule has 5 nitrogen and oxygen atoms in total. The van der Waals surface area contributed by atoms with Gasteiger partial charge < -0.3 is 5.11 Å². The largest absolute Gasteiger partial charge is 0.392 e. The quantitative estimate of drug-likeness (QED) is 0.415. The van der Waals surface area contributed by atoms with Crippen molar-refractivity contribution in [1.29, 1.82) is 0 Å². The molecule has 0 fully saturated rings. The minimum Gasteiger partial charge on any atom is -0.392 e. The SMILES string of the molecule is C=Cc1cccc(N(N)C(=S)N(C)N)c1CO. The Morgan fingerprint density at radius 3 is 2.65 bits per heavy atom. The molecule has 5 N–H and O–H groups in total. The zero-order chi connectivity index (χ0) is 13.0. The van der Waals surface area contributed by atoms with Gasteiger partial charge in [-0.1, -0.05) is 24.8 Å². The molecule has 0 aromatic heterocycles. The van der Waals surface area contributed by atoms with Crippen LogP contribution in [0.1, 0.15) is 11.1 Å². The average molecular weight is 252 g/mol. The zero-order valence-corrected chi connectivity index (χ0v) is 10.4. The maximum Gasteiger partial charge on any atom is 0.204 e. The zero-order valence-electron chi connectivity index (χ0n) is 9.63. The molecule has 0 saturated heterocycles. The molecule has 0 unspecified atom stereocenters. The van der Waals surface area contributed by atoms with Crippen LogP contribution in [-0.2, 0) is 6.61 Å². The molecule has 0 atom stereocenters. The fourth-order valence-corrected chi connectivity index (χ4v) is 1.55. The van der Waals surface area contributed by atoms with Gasteiger partial charge in [-0.2, -0.15) is 0 Å². The summed E-state index contributed by atoms with van der Waals surface area (Å²) in [6.45, 7) is 3.53. The Kier molecular flexibility index (Phi) is 4.59. The Labute approximate surface area is 106 Å². The van der Waals surface area contributed by atoms with E-state index in [0.29, 0.717) is 11.3 Å². The molecular weight excluding hydrogens is 236 g/mol. The van der Waals surface area contributed by atoms with E-state index in [-0.39, 0.29) is 11.7 Å². The Balaban J connectivity index is 3.21. The van der Waals surface area contributed by atoms with E-state index in [2.05, 4.69) is 6.58 Å². The maximum absolute atomic E-state index is 9.38. The number of hydrazine groups is 2. The van der Waals surface area contributed by atoms with Crippen molar-refractivity contribution in [1.82, 2.24) is 5.01 Å². The average Bonchev–Trinajstić information content (AvgIpc) is 2.35. The van der Waals surface area contributed by atoms with Crippen molar-refractivity contribution in [2.75, 3.05) is 12.1 Å². The van der Waals surface area contributed by atoms with Gasteiger partial charge in [0.15, 0.2) is 0 Å². The van der Waals surface area contributed by atoms with Crippen LogP contribution in [0.25, 0.3) is 6.08 Å². The molecule has 0 heterocycles. The van der Waals surface area contributed by atoms with Gasteiger partial charge in [-0.15, -0.1) is 0 Å². The predicted octanol–water partition coefficient (Wildman–Crippen LogP) is 0.592. The number of hydrogen-bond donors (Lipinski definition) is 3. The number of aliphatic hydroxyl groups excluding tert-OH is 1. The molecule has 6 heteroatoms. The van der Waals surface area contributed by atoms with Gasteiger partial charge in [-0.25, -0.2) is 11.7 Å². The van der Waals surface area contributed by atoms with Gasteiger partial charge in [0, 0.05) is 12.6 Å². The van der Waals surface area contributed by atoms with Crippen LogP contribution < -0.4 is 16.7 Å². The highest BCUT2D eigenvalue weighted by Gasteiger charge is 2.15. The lowest BCUT2D eigenvalue weighted by Crippen LogP contribution is -2.48. The van der Waals surface area contributed by atoms with Gasteiger partial charge in [0.2, 0.25) is 5.11 Å². The predicted molar refractivity (Wildman–Crippen MR) is 73.7 cm³/mol. The number of thiocarbonyl (C=S) groups is 1. The summed E-state index contributed by atoms with van der Waals surface area (Å²) in [7, 11) is 1.60. The summed E-state index contributed by atoms with van der Waals surface area (Å²) in [6.07, 6.45) is 1.65. The van der Waals surface area contributed by atoms with Crippen molar-refractivity contribution < 1.29 is 5.11 Å². The van der Waals surface area contributed by atoms with Gasteiger partial charge in [0.25, 0.3) is 0 Å². The number of anilines is 1. The Morgan fingerprint density at radius 2 is 2.18 bits per heavy atom. The molecule has 1 rings (SSSR count). The van der Waals surface area contributed by atoms with E-state index >= 15 is 0 Å².